The second-order valence-corrected chi connectivity index (χ2v) is 3.92. The Labute approximate surface area is 97.0 Å². The van der Waals surface area contributed by atoms with E-state index in [-0.39, 0.29) is 13.1 Å². The molecule has 0 spiro atoms. The predicted molar refractivity (Wildman–Crippen MR) is 60.8 cm³/mol. The lowest BCUT2D eigenvalue weighted by atomic mass is 10.3. The van der Waals surface area contributed by atoms with Crippen molar-refractivity contribution in [2.24, 2.45) is 0 Å². The van der Waals surface area contributed by atoms with Gasteiger partial charge in [0.1, 0.15) is 5.52 Å². The van der Waals surface area contributed by atoms with E-state index >= 15 is 0 Å². The summed E-state index contributed by atoms with van der Waals surface area (Å²) >= 11 is 0. The minimum atomic E-state index is -2.36. The average molecular weight is 241 g/mol. The number of anilines is 1. The van der Waals surface area contributed by atoms with Crippen LogP contribution in [-0.4, -0.2) is 29.9 Å². The van der Waals surface area contributed by atoms with Crippen molar-refractivity contribution in [1.82, 2.24) is 9.88 Å². The first kappa shape index (κ1) is 11.8. The fourth-order valence-electron chi connectivity index (χ4n) is 1.59. The number of hydrogen-bond donors (Lipinski definition) is 1. The normalized spacial score (nSPS) is 11.8. The molecule has 0 saturated carbocycles. The fraction of sp³-hybridized carbons (Fsp3) is 0.364. The molecule has 0 amide bonds. The lowest BCUT2D eigenvalue weighted by Gasteiger charge is -2.12. The van der Waals surface area contributed by atoms with Crippen LogP contribution in [0.15, 0.2) is 22.6 Å². The van der Waals surface area contributed by atoms with E-state index in [0.717, 1.165) is 0 Å². The molecule has 0 aliphatic heterocycles. The van der Waals surface area contributed by atoms with Crippen molar-refractivity contribution in [3.63, 3.8) is 0 Å². The lowest BCUT2D eigenvalue weighted by Crippen LogP contribution is -2.24. The Morgan fingerprint density at radius 1 is 1.47 bits per heavy atom. The molecule has 1 heterocycles. The molecule has 2 aromatic rings. The summed E-state index contributed by atoms with van der Waals surface area (Å²) in [5.74, 6) is 0.411. The minimum absolute atomic E-state index is 0.249. The Hall–Kier alpha value is -1.69. The van der Waals surface area contributed by atoms with E-state index in [0.29, 0.717) is 22.7 Å². The highest BCUT2D eigenvalue weighted by Gasteiger charge is 2.12. The first-order valence-corrected chi connectivity index (χ1v) is 5.16. The molecule has 2 rings (SSSR count). The molecule has 0 aliphatic carbocycles. The number of alkyl halides is 2. The maximum Gasteiger partial charge on any atom is 0.251 e. The zero-order chi connectivity index (χ0) is 12.4. The van der Waals surface area contributed by atoms with E-state index in [1.54, 1.807) is 25.2 Å². The molecule has 0 radical (unpaired) electrons. The maximum absolute atomic E-state index is 12.1. The third kappa shape index (κ3) is 2.91. The zero-order valence-electron chi connectivity index (χ0n) is 9.36. The summed E-state index contributed by atoms with van der Waals surface area (Å²) in [4.78, 5) is 5.65. The molecule has 4 nitrogen and oxygen atoms in total. The number of hydrogen-bond acceptors (Lipinski definition) is 4. The molecule has 0 unspecified atom stereocenters. The van der Waals surface area contributed by atoms with E-state index in [1.165, 1.54) is 4.90 Å². The van der Waals surface area contributed by atoms with Crippen LogP contribution in [-0.2, 0) is 6.54 Å². The Balaban J connectivity index is 2.14. The van der Waals surface area contributed by atoms with Crippen LogP contribution in [0.1, 0.15) is 5.89 Å². The van der Waals surface area contributed by atoms with Crippen molar-refractivity contribution in [1.29, 1.82) is 0 Å². The van der Waals surface area contributed by atoms with Crippen LogP contribution >= 0.6 is 0 Å². The molecule has 0 fully saturated rings. The Kier molecular flexibility index (Phi) is 3.23. The standard InChI is InChI=1S/C11H13F2N3O/c1-16(5-10(12)13)6-11-15-8-3-2-7(14)4-9(8)17-11/h2-4,10H,5-6,14H2,1H3. The van der Waals surface area contributed by atoms with Crippen LogP contribution in [0.5, 0.6) is 0 Å². The van der Waals surface area contributed by atoms with E-state index < -0.39 is 6.43 Å². The van der Waals surface area contributed by atoms with Gasteiger partial charge in [0.15, 0.2) is 5.58 Å². The van der Waals surface area contributed by atoms with Crippen molar-refractivity contribution in [2.75, 3.05) is 19.3 Å². The number of rotatable bonds is 4. The summed E-state index contributed by atoms with van der Waals surface area (Å²) in [5.41, 5.74) is 7.44. The molecule has 0 saturated heterocycles. The summed E-state index contributed by atoms with van der Waals surface area (Å²) in [7, 11) is 1.59. The van der Waals surface area contributed by atoms with Gasteiger partial charge in [-0.1, -0.05) is 0 Å². The van der Waals surface area contributed by atoms with Gasteiger partial charge in [0, 0.05) is 11.8 Å². The molecule has 1 aromatic heterocycles. The number of benzene rings is 1. The quantitative estimate of drug-likeness (QED) is 0.833. The smallest absolute Gasteiger partial charge is 0.251 e. The number of halogens is 2. The monoisotopic (exact) mass is 241 g/mol. The van der Waals surface area contributed by atoms with Crippen molar-refractivity contribution < 1.29 is 13.2 Å². The van der Waals surface area contributed by atoms with E-state index in [9.17, 15) is 8.78 Å². The van der Waals surface area contributed by atoms with E-state index in [1.807, 2.05) is 0 Å². The van der Waals surface area contributed by atoms with Gasteiger partial charge in [0.2, 0.25) is 5.89 Å². The van der Waals surface area contributed by atoms with Gasteiger partial charge in [-0.05, 0) is 19.2 Å². The Morgan fingerprint density at radius 2 is 2.24 bits per heavy atom. The van der Waals surface area contributed by atoms with Gasteiger partial charge in [-0.15, -0.1) is 0 Å². The zero-order valence-corrected chi connectivity index (χ0v) is 9.36. The van der Waals surface area contributed by atoms with Gasteiger partial charge in [-0.2, -0.15) is 0 Å². The average Bonchev–Trinajstić information content (AvgIpc) is 2.57. The third-order valence-electron chi connectivity index (χ3n) is 2.31. The van der Waals surface area contributed by atoms with Crippen LogP contribution in [0, 0.1) is 0 Å². The number of aromatic nitrogens is 1. The van der Waals surface area contributed by atoms with Crippen LogP contribution < -0.4 is 5.73 Å². The summed E-state index contributed by atoms with van der Waals surface area (Å²) in [6.07, 6.45) is -2.36. The lowest BCUT2D eigenvalue weighted by molar-refractivity contribution is 0.0941. The van der Waals surface area contributed by atoms with Gasteiger partial charge in [-0.25, -0.2) is 13.8 Å². The highest BCUT2D eigenvalue weighted by atomic mass is 19.3. The van der Waals surface area contributed by atoms with Gasteiger partial charge >= 0.3 is 0 Å². The molecule has 92 valence electrons. The molecule has 0 bridgehead atoms. The summed E-state index contributed by atoms with van der Waals surface area (Å²) in [6.45, 7) is -0.0558. The molecular weight excluding hydrogens is 228 g/mol. The first-order valence-electron chi connectivity index (χ1n) is 5.16. The van der Waals surface area contributed by atoms with E-state index in [2.05, 4.69) is 4.98 Å². The van der Waals surface area contributed by atoms with Crippen molar-refractivity contribution >= 4 is 16.8 Å². The SMILES string of the molecule is CN(Cc1nc2ccc(N)cc2o1)CC(F)F. The number of nitrogens with zero attached hydrogens (tertiary/aromatic N) is 2. The Morgan fingerprint density at radius 3 is 2.94 bits per heavy atom. The van der Waals surface area contributed by atoms with Crippen LogP contribution in [0.4, 0.5) is 14.5 Å². The summed E-state index contributed by atoms with van der Waals surface area (Å²) < 4.78 is 29.7. The van der Waals surface area contributed by atoms with Gasteiger partial charge in [0.05, 0.1) is 13.1 Å². The number of fused-ring (bicyclic) bond motifs is 1. The third-order valence-corrected chi connectivity index (χ3v) is 2.31. The summed E-state index contributed by atoms with van der Waals surface area (Å²) in [5, 5.41) is 0. The molecule has 2 N–H and O–H groups in total. The molecule has 6 heteroatoms. The number of nitrogen functional groups attached to an aromatic ring is 1. The molecule has 0 aliphatic rings. The van der Waals surface area contributed by atoms with Gasteiger partial charge in [0.25, 0.3) is 6.43 Å². The summed E-state index contributed by atoms with van der Waals surface area (Å²) in [6, 6.07) is 5.13. The number of nitrogens with two attached hydrogens (primary N) is 1. The Bertz CT molecular complexity index is 512. The fourth-order valence-corrected chi connectivity index (χ4v) is 1.59. The van der Waals surface area contributed by atoms with E-state index in [4.69, 9.17) is 10.2 Å². The minimum Gasteiger partial charge on any atom is -0.439 e. The topological polar surface area (TPSA) is 55.3 Å². The molecule has 1 aromatic carbocycles. The van der Waals surface area contributed by atoms with Crippen molar-refractivity contribution in [3.8, 4) is 0 Å². The van der Waals surface area contributed by atoms with Crippen molar-refractivity contribution in [3.05, 3.63) is 24.1 Å². The number of oxazole rings is 1. The van der Waals surface area contributed by atoms with Gasteiger partial charge < -0.3 is 10.2 Å². The van der Waals surface area contributed by atoms with Gasteiger partial charge in [-0.3, -0.25) is 4.90 Å². The van der Waals surface area contributed by atoms with Crippen LogP contribution in [0.2, 0.25) is 0 Å². The molecular formula is C11H13F2N3O. The highest BCUT2D eigenvalue weighted by molar-refractivity contribution is 5.76. The molecule has 17 heavy (non-hydrogen) atoms. The largest absolute Gasteiger partial charge is 0.439 e. The van der Waals surface area contributed by atoms with Crippen LogP contribution in [0.25, 0.3) is 11.1 Å². The first-order chi connectivity index (χ1) is 8.04. The second-order valence-electron chi connectivity index (χ2n) is 3.92. The predicted octanol–water partition coefficient (Wildman–Crippen LogP) is 2.11. The second kappa shape index (κ2) is 4.67. The van der Waals surface area contributed by atoms with Crippen molar-refractivity contribution in [2.45, 2.75) is 13.0 Å². The van der Waals surface area contributed by atoms with Crippen LogP contribution in [0.3, 0.4) is 0 Å². The highest BCUT2D eigenvalue weighted by Crippen LogP contribution is 2.19. The molecule has 0 atom stereocenters. The maximum atomic E-state index is 12.1.